The maximum atomic E-state index is 12.0. The predicted molar refractivity (Wildman–Crippen MR) is 81.2 cm³/mol. The molecule has 0 aliphatic rings. The highest BCUT2D eigenvalue weighted by Gasteiger charge is 2.09. The van der Waals surface area contributed by atoms with Crippen molar-refractivity contribution in [1.82, 2.24) is 10.3 Å². The molecule has 0 aliphatic heterocycles. The molecule has 2 aromatic heterocycles. The minimum Gasteiger partial charge on any atom is -0.467 e. The van der Waals surface area contributed by atoms with Gasteiger partial charge in [0.1, 0.15) is 12.0 Å². The highest BCUT2D eigenvalue weighted by molar-refractivity contribution is 5.90. The average molecular weight is 297 g/mol. The summed E-state index contributed by atoms with van der Waals surface area (Å²) in [6.07, 6.45) is 4.66. The van der Waals surface area contributed by atoms with Crippen LogP contribution in [0.2, 0.25) is 0 Å². The van der Waals surface area contributed by atoms with Crippen LogP contribution in [-0.4, -0.2) is 11.0 Å². The van der Waals surface area contributed by atoms with E-state index in [1.165, 1.54) is 6.26 Å². The Morgan fingerprint density at radius 1 is 1.23 bits per heavy atom. The first-order valence-corrected chi connectivity index (χ1v) is 6.80. The number of hydrogen-bond acceptors (Lipinski definition) is 4. The van der Waals surface area contributed by atoms with E-state index in [-0.39, 0.29) is 6.03 Å². The lowest BCUT2D eigenvalue weighted by molar-refractivity contribution is 0.251. The molecule has 2 amide bonds. The number of nitrogens with one attached hydrogen (secondary N) is 2. The molecule has 0 atom stereocenters. The van der Waals surface area contributed by atoms with Crippen molar-refractivity contribution >= 4 is 11.7 Å². The second-order valence-electron chi connectivity index (χ2n) is 4.75. The number of anilines is 1. The largest absolute Gasteiger partial charge is 0.467 e. The van der Waals surface area contributed by atoms with Gasteiger partial charge in [-0.05, 0) is 36.8 Å². The number of amides is 2. The molecule has 6 nitrogen and oxygen atoms in total. The molecule has 3 aromatic rings. The molecule has 112 valence electrons. The molecule has 2 heterocycles. The second kappa shape index (κ2) is 6.17. The zero-order valence-electron chi connectivity index (χ0n) is 12.0. The van der Waals surface area contributed by atoms with E-state index in [9.17, 15) is 4.79 Å². The van der Waals surface area contributed by atoms with Crippen LogP contribution in [0.3, 0.4) is 0 Å². The van der Waals surface area contributed by atoms with Crippen LogP contribution in [-0.2, 0) is 6.54 Å². The number of carbonyl (C=O) groups excluding carboxylic acids is 1. The van der Waals surface area contributed by atoms with Gasteiger partial charge in [0.05, 0.1) is 19.0 Å². The SMILES string of the molecule is Cc1ccc(-c2ncco2)cc1NC(=O)NCc1ccco1. The molecule has 0 saturated carbocycles. The van der Waals surface area contributed by atoms with Gasteiger partial charge in [0.2, 0.25) is 5.89 Å². The minimum absolute atomic E-state index is 0.302. The van der Waals surface area contributed by atoms with Gasteiger partial charge in [0, 0.05) is 11.3 Å². The van der Waals surface area contributed by atoms with Crippen LogP contribution in [0.15, 0.2) is 57.9 Å². The lowest BCUT2D eigenvalue weighted by atomic mass is 10.1. The number of carbonyl (C=O) groups is 1. The summed E-state index contributed by atoms with van der Waals surface area (Å²) < 4.78 is 10.4. The summed E-state index contributed by atoms with van der Waals surface area (Å²) in [7, 11) is 0. The van der Waals surface area contributed by atoms with Crippen molar-refractivity contribution in [3.8, 4) is 11.5 Å². The van der Waals surface area contributed by atoms with Gasteiger partial charge in [0.25, 0.3) is 0 Å². The minimum atomic E-state index is -0.302. The van der Waals surface area contributed by atoms with Crippen LogP contribution in [0, 0.1) is 6.92 Å². The Labute approximate surface area is 127 Å². The van der Waals surface area contributed by atoms with Crippen LogP contribution < -0.4 is 10.6 Å². The normalized spacial score (nSPS) is 10.4. The number of oxazole rings is 1. The van der Waals surface area contributed by atoms with Gasteiger partial charge in [-0.2, -0.15) is 0 Å². The molecule has 0 bridgehead atoms. The molecule has 0 aliphatic carbocycles. The molecule has 0 fully saturated rings. The molecular weight excluding hydrogens is 282 g/mol. The number of furan rings is 1. The fourth-order valence-corrected chi connectivity index (χ4v) is 2.00. The van der Waals surface area contributed by atoms with E-state index < -0.39 is 0 Å². The highest BCUT2D eigenvalue weighted by atomic mass is 16.3. The van der Waals surface area contributed by atoms with Gasteiger partial charge in [-0.25, -0.2) is 9.78 Å². The van der Waals surface area contributed by atoms with Crippen molar-refractivity contribution < 1.29 is 13.6 Å². The van der Waals surface area contributed by atoms with Crippen molar-refractivity contribution in [2.75, 3.05) is 5.32 Å². The van der Waals surface area contributed by atoms with E-state index in [4.69, 9.17) is 8.83 Å². The summed E-state index contributed by atoms with van der Waals surface area (Å²) in [5.41, 5.74) is 2.45. The van der Waals surface area contributed by atoms with Gasteiger partial charge in [-0.1, -0.05) is 6.07 Å². The molecule has 0 spiro atoms. The Morgan fingerprint density at radius 2 is 2.14 bits per heavy atom. The summed E-state index contributed by atoms with van der Waals surface area (Å²) >= 11 is 0. The maximum Gasteiger partial charge on any atom is 0.319 e. The molecule has 3 rings (SSSR count). The first kappa shape index (κ1) is 13.9. The number of nitrogens with zero attached hydrogens (tertiary/aromatic N) is 1. The van der Waals surface area contributed by atoms with E-state index >= 15 is 0 Å². The van der Waals surface area contributed by atoms with Crippen molar-refractivity contribution in [3.05, 3.63) is 60.4 Å². The van der Waals surface area contributed by atoms with Gasteiger partial charge in [0.15, 0.2) is 0 Å². The number of benzene rings is 1. The molecule has 0 radical (unpaired) electrons. The summed E-state index contributed by atoms with van der Waals surface area (Å²) in [5, 5.41) is 5.55. The Morgan fingerprint density at radius 3 is 2.86 bits per heavy atom. The van der Waals surface area contributed by atoms with E-state index in [2.05, 4.69) is 15.6 Å². The monoisotopic (exact) mass is 297 g/mol. The zero-order chi connectivity index (χ0) is 15.4. The highest BCUT2D eigenvalue weighted by Crippen LogP contribution is 2.24. The number of aryl methyl sites for hydroxylation is 1. The third-order valence-corrected chi connectivity index (χ3v) is 3.17. The lowest BCUT2D eigenvalue weighted by Crippen LogP contribution is -2.28. The molecule has 1 aromatic carbocycles. The molecular formula is C16H15N3O3. The smallest absolute Gasteiger partial charge is 0.319 e. The van der Waals surface area contributed by atoms with E-state index in [0.717, 1.165) is 11.1 Å². The molecule has 2 N–H and O–H groups in total. The fourth-order valence-electron chi connectivity index (χ4n) is 2.00. The van der Waals surface area contributed by atoms with Gasteiger partial charge >= 0.3 is 6.03 Å². The molecule has 22 heavy (non-hydrogen) atoms. The zero-order valence-corrected chi connectivity index (χ0v) is 12.0. The summed E-state index contributed by atoms with van der Waals surface area (Å²) in [6, 6.07) is 8.90. The Bertz CT molecular complexity index is 749. The van der Waals surface area contributed by atoms with Crippen LogP contribution in [0.4, 0.5) is 10.5 Å². The number of hydrogen-bond donors (Lipinski definition) is 2. The quantitative estimate of drug-likeness (QED) is 0.771. The van der Waals surface area contributed by atoms with E-state index in [1.807, 2.05) is 25.1 Å². The van der Waals surface area contributed by atoms with E-state index in [1.54, 1.807) is 24.6 Å². The van der Waals surface area contributed by atoms with Crippen LogP contribution in [0.1, 0.15) is 11.3 Å². The lowest BCUT2D eigenvalue weighted by Gasteiger charge is -2.10. The fraction of sp³-hybridized carbons (Fsp3) is 0.125. The Kier molecular flexibility index (Phi) is 3.91. The summed E-state index contributed by atoms with van der Waals surface area (Å²) in [4.78, 5) is 16.1. The van der Waals surface area contributed by atoms with Gasteiger partial charge < -0.3 is 19.5 Å². The van der Waals surface area contributed by atoms with Crippen molar-refractivity contribution in [3.63, 3.8) is 0 Å². The van der Waals surface area contributed by atoms with Crippen molar-refractivity contribution in [2.24, 2.45) is 0 Å². The standard InChI is InChI=1S/C16H15N3O3/c1-11-4-5-12(15-17-6-8-22-15)9-14(11)19-16(20)18-10-13-3-2-7-21-13/h2-9H,10H2,1H3,(H2,18,19,20). The number of aromatic nitrogens is 1. The van der Waals surface area contributed by atoms with Crippen LogP contribution in [0.25, 0.3) is 11.5 Å². The molecule has 0 unspecified atom stereocenters. The van der Waals surface area contributed by atoms with Gasteiger partial charge in [-0.3, -0.25) is 0 Å². The summed E-state index contributed by atoms with van der Waals surface area (Å²) in [6.45, 7) is 2.25. The second-order valence-corrected chi connectivity index (χ2v) is 4.75. The van der Waals surface area contributed by atoms with Crippen LogP contribution >= 0.6 is 0 Å². The topological polar surface area (TPSA) is 80.3 Å². The van der Waals surface area contributed by atoms with Crippen molar-refractivity contribution in [2.45, 2.75) is 13.5 Å². The maximum absolute atomic E-state index is 12.0. The van der Waals surface area contributed by atoms with E-state index in [0.29, 0.717) is 23.9 Å². The number of rotatable bonds is 4. The Hall–Kier alpha value is -3.02. The third-order valence-electron chi connectivity index (χ3n) is 3.17. The molecule has 0 saturated heterocycles. The first-order valence-electron chi connectivity index (χ1n) is 6.80. The van der Waals surface area contributed by atoms with Crippen molar-refractivity contribution in [1.29, 1.82) is 0 Å². The van der Waals surface area contributed by atoms with Gasteiger partial charge in [-0.15, -0.1) is 0 Å². The summed E-state index contributed by atoms with van der Waals surface area (Å²) in [5.74, 6) is 1.21. The predicted octanol–water partition coefficient (Wildman–Crippen LogP) is 3.56. The first-order chi connectivity index (χ1) is 10.7. The third kappa shape index (κ3) is 3.17. The average Bonchev–Trinajstić information content (AvgIpc) is 3.21. The van der Waals surface area contributed by atoms with Crippen LogP contribution in [0.5, 0.6) is 0 Å². The number of urea groups is 1. The Balaban J connectivity index is 1.68. The molecule has 6 heteroatoms.